The van der Waals surface area contributed by atoms with E-state index in [1.165, 1.54) is 18.2 Å². The lowest BCUT2D eigenvalue weighted by Crippen LogP contribution is -2.36. The molecular weight excluding hydrogens is 554 g/mol. The Morgan fingerprint density at radius 2 is 1.90 bits per heavy atom. The SMILES string of the molecule is CN1CCC(Nc2cccc3c(C(F)C(F)F)c(C#CCNc4ccc(S(C)(=O)=O)cc4OCF)sc23)CC1. The molecule has 0 saturated carbocycles. The lowest BCUT2D eigenvalue weighted by Gasteiger charge is -2.30. The lowest BCUT2D eigenvalue weighted by atomic mass is 10.0. The number of hydrogen-bond acceptors (Lipinski definition) is 7. The predicted octanol–water partition coefficient (Wildman–Crippen LogP) is 5.86. The van der Waals surface area contributed by atoms with E-state index in [9.17, 15) is 26.0 Å². The van der Waals surface area contributed by atoms with E-state index in [1.807, 2.05) is 6.07 Å². The third-order valence-electron chi connectivity index (χ3n) is 6.49. The molecule has 0 spiro atoms. The lowest BCUT2D eigenvalue weighted by molar-refractivity contribution is 0.0504. The number of anilines is 2. The molecule has 39 heavy (non-hydrogen) atoms. The molecule has 1 aromatic heterocycles. The summed E-state index contributed by atoms with van der Waals surface area (Å²) >= 11 is 1.16. The highest BCUT2D eigenvalue weighted by Gasteiger charge is 2.29. The van der Waals surface area contributed by atoms with Crippen LogP contribution in [0.4, 0.5) is 28.9 Å². The van der Waals surface area contributed by atoms with Gasteiger partial charge in [0.1, 0.15) is 5.75 Å². The number of ether oxygens (including phenoxy) is 1. The summed E-state index contributed by atoms with van der Waals surface area (Å²) in [6, 6.07) is 9.40. The normalized spacial score (nSPS) is 15.7. The molecule has 2 heterocycles. The number of nitrogens with one attached hydrogen (secondary N) is 2. The van der Waals surface area contributed by atoms with E-state index >= 15 is 0 Å². The van der Waals surface area contributed by atoms with Gasteiger partial charge in [-0.25, -0.2) is 26.0 Å². The van der Waals surface area contributed by atoms with E-state index < -0.39 is 29.3 Å². The maximum Gasteiger partial charge on any atom is 0.273 e. The Labute approximate surface area is 229 Å². The summed E-state index contributed by atoms with van der Waals surface area (Å²) in [5.74, 6) is 5.61. The zero-order valence-corrected chi connectivity index (χ0v) is 23.1. The summed E-state index contributed by atoms with van der Waals surface area (Å²) in [5.41, 5.74) is 0.926. The van der Waals surface area contributed by atoms with E-state index in [2.05, 4.69) is 34.4 Å². The highest BCUT2D eigenvalue weighted by atomic mass is 32.2. The van der Waals surface area contributed by atoms with E-state index in [0.717, 1.165) is 49.2 Å². The number of alkyl halides is 4. The van der Waals surface area contributed by atoms with Crippen LogP contribution in [0.2, 0.25) is 0 Å². The highest BCUT2D eigenvalue weighted by molar-refractivity contribution is 7.90. The Bertz CT molecular complexity index is 1480. The van der Waals surface area contributed by atoms with Gasteiger partial charge in [-0.3, -0.25) is 0 Å². The molecule has 3 aromatic rings. The van der Waals surface area contributed by atoms with Crippen molar-refractivity contribution in [3.63, 3.8) is 0 Å². The van der Waals surface area contributed by atoms with Crippen LogP contribution in [-0.2, 0) is 9.84 Å². The third kappa shape index (κ3) is 6.96. The van der Waals surface area contributed by atoms with Crippen LogP contribution >= 0.6 is 11.3 Å². The van der Waals surface area contributed by atoms with Gasteiger partial charge in [-0.05, 0) is 51.2 Å². The van der Waals surface area contributed by atoms with Gasteiger partial charge >= 0.3 is 0 Å². The van der Waals surface area contributed by atoms with Crippen molar-refractivity contribution in [1.82, 2.24) is 4.90 Å². The van der Waals surface area contributed by atoms with Crippen molar-refractivity contribution in [2.24, 2.45) is 0 Å². The molecule has 1 saturated heterocycles. The van der Waals surface area contributed by atoms with Crippen molar-refractivity contribution in [2.75, 3.05) is 50.4 Å². The van der Waals surface area contributed by atoms with E-state index in [-0.39, 0.29) is 33.7 Å². The first-order valence-electron chi connectivity index (χ1n) is 12.3. The second kappa shape index (κ2) is 12.4. The van der Waals surface area contributed by atoms with Crippen molar-refractivity contribution >= 4 is 42.6 Å². The van der Waals surface area contributed by atoms with Gasteiger partial charge in [0.15, 0.2) is 16.0 Å². The second-order valence-corrected chi connectivity index (χ2v) is 12.4. The fraction of sp³-hybridized carbons (Fsp3) is 0.407. The minimum absolute atomic E-state index is 0.0130. The molecule has 2 aromatic carbocycles. The van der Waals surface area contributed by atoms with Crippen LogP contribution in [0, 0.1) is 11.8 Å². The summed E-state index contributed by atoms with van der Waals surface area (Å²) in [5, 5.41) is 6.81. The molecule has 0 aliphatic carbocycles. The summed E-state index contributed by atoms with van der Waals surface area (Å²) < 4.78 is 83.8. The van der Waals surface area contributed by atoms with E-state index in [4.69, 9.17) is 4.74 Å². The molecule has 4 rings (SSSR count). The van der Waals surface area contributed by atoms with Gasteiger partial charge in [-0.15, -0.1) is 11.3 Å². The molecule has 0 bridgehead atoms. The number of thiophene rings is 1. The Hall–Kier alpha value is -3.01. The molecule has 12 heteroatoms. The Morgan fingerprint density at radius 3 is 2.56 bits per heavy atom. The average molecular weight is 584 g/mol. The number of benzene rings is 2. The van der Waals surface area contributed by atoms with Crippen molar-refractivity contribution in [2.45, 2.75) is 36.4 Å². The summed E-state index contributed by atoms with van der Waals surface area (Å²) in [7, 11) is -1.47. The standard InChI is InChI=1S/C27H29F4N3O3S2/c1-34-13-10-17(11-14-34)33-21-6-3-5-19-24(25(29)27(30)31)23(38-26(19)21)7-4-12-32-20-9-8-18(39(2,35)36)15-22(20)37-16-28/h3,5-6,8-9,15,17,25,27,32-33H,10-14,16H2,1-2H3. The first-order chi connectivity index (χ1) is 18.6. The van der Waals surface area contributed by atoms with Crippen LogP contribution in [0.5, 0.6) is 5.75 Å². The number of halogens is 4. The highest BCUT2D eigenvalue weighted by Crippen LogP contribution is 2.42. The maximum atomic E-state index is 14.8. The minimum Gasteiger partial charge on any atom is -0.461 e. The third-order valence-corrected chi connectivity index (χ3v) is 8.77. The smallest absolute Gasteiger partial charge is 0.273 e. The van der Waals surface area contributed by atoms with Crippen LogP contribution < -0.4 is 15.4 Å². The van der Waals surface area contributed by atoms with Gasteiger partial charge in [0, 0.05) is 29.3 Å². The Kier molecular flexibility index (Phi) is 9.25. The van der Waals surface area contributed by atoms with Gasteiger partial charge in [-0.1, -0.05) is 24.0 Å². The predicted molar refractivity (Wildman–Crippen MR) is 147 cm³/mol. The average Bonchev–Trinajstić information content (AvgIpc) is 3.27. The number of nitrogens with zero attached hydrogens (tertiary/aromatic N) is 1. The molecule has 6 nitrogen and oxygen atoms in total. The summed E-state index contributed by atoms with van der Waals surface area (Å²) in [6.07, 6.45) is -2.81. The molecule has 0 amide bonds. The van der Waals surface area contributed by atoms with Crippen molar-refractivity contribution in [3.05, 3.63) is 46.8 Å². The fourth-order valence-corrected chi connectivity index (χ4v) is 6.26. The first-order valence-corrected chi connectivity index (χ1v) is 15.0. The van der Waals surface area contributed by atoms with Gasteiger partial charge in [0.2, 0.25) is 6.86 Å². The zero-order valence-electron chi connectivity index (χ0n) is 21.4. The number of likely N-dealkylation sites (tertiary alicyclic amines) is 1. The Balaban J connectivity index is 1.61. The molecular formula is C27H29F4N3O3S2. The largest absolute Gasteiger partial charge is 0.461 e. The zero-order chi connectivity index (χ0) is 28.2. The van der Waals surface area contributed by atoms with Crippen LogP contribution in [0.25, 0.3) is 10.1 Å². The topological polar surface area (TPSA) is 70.7 Å². The number of piperidine rings is 1. The second-order valence-electron chi connectivity index (χ2n) is 9.32. The molecule has 210 valence electrons. The van der Waals surface area contributed by atoms with Crippen LogP contribution in [-0.4, -0.2) is 65.6 Å². The maximum absolute atomic E-state index is 14.8. The van der Waals surface area contributed by atoms with E-state index in [1.54, 1.807) is 12.1 Å². The molecule has 1 fully saturated rings. The van der Waals surface area contributed by atoms with Crippen LogP contribution in [0.15, 0.2) is 41.3 Å². The molecule has 0 radical (unpaired) electrons. The van der Waals surface area contributed by atoms with Crippen LogP contribution in [0.1, 0.15) is 29.5 Å². The number of sulfone groups is 1. The van der Waals surface area contributed by atoms with Crippen molar-refractivity contribution in [3.8, 4) is 17.6 Å². The van der Waals surface area contributed by atoms with Gasteiger partial charge in [0.25, 0.3) is 6.43 Å². The summed E-state index contributed by atoms with van der Waals surface area (Å²) in [4.78, 5) is 2.40. The first kappa shape index (κ1) is 29.0. The van der Waals surface area contributed by atoms with Gasteiger partial charge in [-0.2, -0.15) is 0 Å². The molecule has 1 atom stereocenters. The van der Waals surface area contributed by atoms with E-state index in [0.29, 0.717) is 15.8 Å². The molecule has 1 aliphatic rings. The molecule has 2 N–H and O–H groups in total. The van der Waals surface area contributed by atoms with Crippen molar-refractivity contribution in [1.29, 1.82) is 0 Å². The fourth-order valence-electron chi connectivity index (χ4n) is 4.44. The van der Waals surface area contributed by atoms with Gasteiger partial charge < -0.3 is 20.3 Å². The molecule has 1 unspecified atom stereocenters. The van der Waals surface area contributed by atoms with Crippen LogP contribution in [0.3, 0.4) is 0 Å². The number of hydrogen-bond donors (Lipinski definition) is 2. The number of rotatable bonds is 9. The monoisotopic (exact) mass is 583 g/mol. The molecule has 1 aliphatic heterocycles. The number of fused-ring (bicyclic) bond motifs is 1. The Morgan fingerprint density at radius 1 is 1.15 bits per heavy atom. The van der Waals surface area contributed by atoms with Gasteiger partial charge in [0.05, 0.1) is 32.4 Å². The summed E-state index contributed by atoms with van der Waals surface area (Å²) in [6.45, 7) is 0.708. The quantitative estimate of drug-likeness (QED) is 0.243. The minimum atomic E-state index is -3.53. The van der Waals surface area contributed by atoms with Crippen molar-refractivity contribution < 1.29 is 30.7 Å².